The van der Waals surface area contributed by atoms with Gasteiger partial charge in [0, 0.05) is 20.2 Å². The number of aliphatic hydroxyl groups excluding tert-OH is 1. The average molecular weight is 272 g/mol. The lowest BCUT2D eigenvalue weighted by Crippen LogP contribution is -2.42. The summed E-state index contributed by atoms with van der Waals surface area (Å²) in [4.78, 5) is 11.5. The Morgan fingerprint density at radius 3 is 2.47 bits per heavy atom. The second kappa shape index (κ2) is 9.15. The highest BCUT2D eigenvalue weighted by atomic mass is 16.5. The van der Waals surface area contributed by atoms with E-state index in [1.807, 2.05) is 0 Å². The maximum atomic E-state index is 11.5. The van der Waals surface area contributed by atoms with Gasteiger partial charge in [-0.25, -0.2) is 4.79 Å². The van der Waals surface area contributed by atoms with E-state index in [2.05, 4.69) is 17.6 Å². The van der Waals surface area contributed by atoms with E-state index in [9.17, 15) is 9.90 Å². The van der Waals surface area contributed by atoms with Crippen LogP contribution in [0, 0.1) is 11.8 Å². The molecular weight excluding hydrogens is 244 g/mol. The molecule has 0 aromatic carbocycles. The van der Waals surface area contributed by atoms with E-state index in [1.54, 1.807) is 0 Å². The van der Waals surface area contributed by atoms with Crippen molar-refractivity contribution in [2.24, 2.45) is 11.8 Å². The van der Waals surface area contributed by atoms with Gasteiger partial charge < -0.3 is 20.5 Å². The molecule has 0 aliphatic heterocycles. The molecule has 1 saturated carbocycles. The Bertz CT molecular complexity index is 253. The van der Waals surface area contributed by atoms with Gasteiger partial charge in [0.15, 0.2) is 0 Å². The SMILES string of the molecule is CCC1CCC(CNC(=O)NCC(O)COC)CC1. The Balaban J connectivity index is 2.07. The number of aliphatic hydroxyl groups is 1. The first-order valence-corrected chi connectivity index (χ1v) is 7.34. The number of methoxy groups -OCH3 is 1. The van der Waals surface area contributed by atoms with Crippen LogP contribution in [0.4, 0.5) is 4.79 Å². The van der Waals surface area contributed by atoms with Crippen LogP contribution in [0.25, 0.3) is 0 Å². The van der Waals surface area contributed by atoms with Crippen LogP contribution < -0.4 is 10.6 Å². The summed E-state index contributed by atoms with van der Waals surface area (Å²) in [6.45, 7) is 3.45. The Hall–Kier alpha value is -0.810. The summed E-state index contributed by atoms with van der Waals surface area (Å²) in [6, 6.07) is -0.201. The minimum absolute atomic E-state index is 0.201. The van der Waals surface area contributed by atoms with Crippen LogP contribution in [0.5, 0.6) is 0 Å². The van der Waals surface area contributed by atoms with E-state index in [1.165, 1.54) is 39.2 Å². The number of hydrogen-bond acceptors (Lipinski definition) is 3. The molecular formula is C14H28N2O3. The number of carbonyl (C=O) groups excluding carboxylic acids is 1. The third-order valence-electron chi connectivity index (χ3n) is 3.95. The van der Waals surface area contributed by atoms with Crippen molar-refractivity contribution >= 4 is 6.03 Å². The van der Waals surface area contributed by atoms with E-state index in [0.717, 1.165) is 12.5 Å². The van der Waals surface area contributed by atoms with Gasteiger partial charge >= 0.3 is 6.03 Å². The number of amides is 2. The lowest BCUT2D eigenvalue weighted by atomic mass is 9.81. The molecule has 1 rings (SSSR count). The van der Waals surface area contributed by atoms with Gasteiger partial charge in [-0.2, -0.15) is 0 Å². The number of rotatable bonds is 7. The molecule has 0 saturated heterocycles. The van der Waals surface area contributed by atoms with Crippen molar-refractivity contribution in [1.29, 1.82) is 0 Å². The van der Waals surface area contributed by atoms with Crippen molar-refractivity contribution < 1.29 is 14.6 Å². The van der Waals surface area contributed by atoms with Crippen molar-refractivity contribution in [3.63, 3.8) is 0 Å². The van der Waals surface area contributed by atoms with E-state index < -0.39 is 6.10 Å². The third kappa shape index (κ3) is 6.78. The van der Waals surface area contributed by atoms with Crippen LogP contribution in [0.2, 0.25) is 0 Å². The van der Waals surface area contributed by atoms with Crippen molar-refractivity contribution in [2.45, 2.75) is 45.1 Å². The second-order valence-electron chi connectivity index (χ2n) is 5.50. The first-order chi connectivity index (χ1) is 9.15. The zero-order valence-electron chi connectivity index (χ0n) is 12.2. The first-order valence-electron chi connectivity index (χ1n) is 7.34. The fraction of sp³-hybridized carbons (Fsp3) is 0.929. The number of ether oxygens (including phenoxy) is 1. The Labute approximate surface area is 116 Å². The van der Waals surface area contributed by atoms with Crippen LogP contribution >= 0.6 is 0 Å². The maximum Gasteiger partial charge on any atom is 0.314 e. The second-order valence-corrected chi connectivity index (χ2v) is 5.50. The molecule has 0 radical (unpaired) electrons. The fourth-order valence-corrected chi connectivity index (χ4v) is 2.61. The summed E-state index contributed by atoms with van der Waals surface area (Å²) >= 11 is 0. The van der Waals surface area contributed by atoms with Crippen molar-refractivity contribution in [1.82, 2.24) is 10.6 Å². The summed E-state index contributed by atoms with van der Waals surface area (Å²) in [5.74, 6) is 1.49. The van der Waals surface area contributed by atoms with Crippen LogP contribution in [0.3, 0.4) is 0 Å². The molecule has 2 amide bonds. The topological polar surface area (TPSA) is 70.6 Å². The average Bonchev–Trinajstić information content (AvgIpc) is 2.44. The summed E-state index contributed by atoms with van der Waals surface area (Å²) < 4.78 is 4.79. The van der Waals surface area contributed by atoms with Crippen molar-refractivity contribution in [3.05, 3.63) is 0 Å². The molecule has 0 spiro atoms. The van der Waals surface area contributed by atoms with Crippen LogP contribution in [0.15, 0.2) is 0 Å². The Morgan fingerprint density at radius 1 is 1.26 bits per heavy atom. The van der Waals surface area contributed by atoms with Gasteiger partial charge in [-0.1, -0.05) is 26.2 Å². The molecule has 1 fully saturated rings. The normalized spacial score (nSPS) is 24.8. The molecule has 0 heterocycles. The van der Waals surface area contributed by atoms with Gasteiger partial charge in [-0.3, -0.25) is 0 Å². The Kier molecular flexibility index (Phi) is 7.82. The molecule has 3 N–H and O–H groups in total. The molecule has 5 heteroatoms. The molecule has 0 aromatic rings. The van der Waals surface area contributed by atoms with Gasteiger partial charge in [0.1, 0.15) is 0 Å². The van der Waals surface area contributed by atoms with E-state index in [4.69, 9.17) is 4.74 Å². The lowest BCUT2D eigenvalue weighted by Gasteiger charge is -2.27. The summed E-state index contributed by atoms with van der Waals surface area (Å²) in [6.07, 6.45) is 5.64. The molecule has 1 aliphatic carbocycles. The van der Waals surface area contributed by atoms with Gasteiger partial charge in [0.2, 0.25) is 0 Å². The van der Waals surface area contributed by atoms with Crippen LogP contribution in [0.1, 0.15) is 39.0 Å². The standard InChI is InChI=1S/C14H28N2O3/c1-3-11-4-6-12(7-5-11)8-15-14(18)16-9-13(17)10-19-2/h11-13,17H,3-10H2,1-2H3,(H2,15,16,18). The molecule has 1 atom stereocenters. The molecule has 0 bridgehead atoms. The quantitative estimate of drug-likeness (QED) is 0.658. The van der Waals surface area contributed by atoms with Gasteiger partial charge in [0.25, 0.3) is 0 Å². The largest absolute Gasteiger partial charge is 0.389 e. The highest BCUT2D eigenvalue weighted by molar-refractivity contribution is 5.73. The highest BCUT2D eigenvalue weighted by Crippen LogP contribution is 2.29. The maximum absolute atomic E-state index is 11.5. The summed E-state index contributed by atoms with van der Waals surface area (Å²) in [5.41, 5.74) is 0. The minimum atomic E-state index is -0.643. The zero-order valence-corrected chi connectivity index (χ0v) is 12.2. The number of nitrogens with one attached hydrogen (secondary N) is 2. The minimum Gasteiger partial charge on any atom is -0.389 e. The predicted octanol–water partition coefficient (Wildman–Crippen LogP) is 1.51. The molecule has 112 valence electrons. The number of urea groups is 1. The smallest absolute Gasteiger partial charge is 0.314 e. The first kappa shape index (κ1) is 16.2. The summed E-state index contributed by atoms with van der Waals surface area (Å²) in [7, 11) is 1.52. The molecule has 5 nitrogen and oxygen atoms in total. The van der Waals surface area contributed by atoms with Gasteiger partial charge in [0.05, 0.1) is 12.7 Å². The van der Waals surface area contributed by atoms with Gasteiger partial charge in [-0.05, 0) is 24.7 Å². The van der Waals surface area contributed by atoms with Crippen LogP contribution in [-0.4, -0.2) is 44.0 Å². The van der Waals surface area contributed by atoms with E-state index in [0.29, 0.717) is 5.92 Å². The number of carbonyl (C=O) groups is 1. The Morgan fingerprint density at radius 2 is 1.89 bits per heavy atom. The summed E-state index contributed by atoms with van der Waals surface area (Å²) in [5, 5.41) is 14.9. The van der Waals surface area contributed by atoms with Crippen LogP contribution in [-0.2, 0) is 4.74 Å². The van der Waals surface area contributed by atoms with E-state index >= 15 is 0 Å². The number of hydrogen-bond donors (Lipinski definition) is 3. The van der Waals surface area contributed by atoms with Crippen molar-refractivity contribution in [3.8, 4) is 0 Å². The van der Waals surface area contributed by atoms with Gasteiger partial charge in [-0.15, -0.1) is 0 Å². The van der Waals surface area contributed by atoms with E-state index in [-0.39, 0.29) is 19.2 Å². The lowest BCUT2D eigenvalue weighted by molar-refractivity contribution is 0.0659. The van der Waals surface area contributed by atoms with Crippen molar-refractivity contribution in [2.75, 3.05) is 26.8 Å². The molecule has 19 heavy (non-hydrogen) atoms. The third-order valence-corrected chi connectivity index (χ3v) is 3.95. The predicted molar refractivity (Wildman–Crippen MR) is 75.0 cm³/mol. The molecule has 1 aliphatic rings. The monoisotopic (exact) mass is 272 g/mol. The zero-order chi connectivity index (χ0) is 14.1. The fourth-order valence-electron chi connectivity index (χ4n) is 2.61. The highest BCUT2D eigenvalue weighted by Gasteiger charge is 2.20. The molecule has 0 aromatic heterocycles. The molecule has 1 unspecified atom stereocenters.